The monoisotopic (exact) mass is 472 g/mol. The SMILES string of the molecule is COC(=O)c1cccc(Cc2cccc(COc3ccc(C(C)=O)c(O)c3-c3cccs3)c2)c1. The third-order valence-electron chi connectivity index (χ3n) is 5.43. The largest absolute Gasteiger partial charge is 0.506 e. The van der Waals surface area contributed by atoms with Crippen LogP contribution in [0.2, 0.25) is 0 Å². The number of ketones is 1. The second-order valence-corrected chi connectivity index (χ2v) is 8.79. The van der Waals surface area contributed by atoms with E-state index in [1.165, 1.54) is 25.4 Å². The molecule has 4 aromatic rings. The maximum atomic E-state index is 11.9. The molecule has 0 amide bonds. The van der Waals surface area contributed by atoms with Crippen molar-refractivity contribution in [1.82, 2.24) is 0 Å². The van der Waals surface area contributed by atoms with Gasteiger partial charge in [0.05, 0.1) is 23.8 Å². The molecule has 1 N–H and O–H groups in total. The maximum absolute atomic E-state index is 11.9. The highest BCUT2D eigenvalue weighted by Crippen LogP contribution is 2.42. The summed E-state index contributed by atoms with van der Waals surface area (Å²) >= 11 is 1.47. The zero-order chi connectivity index (χ0) is 24.1. The number of methoxy groups -OCH3 is 1. The Morgan fingerprint density at radius 1 is 0.912 bits per heavy atom. The lowest BCUT2D eigenvalue weighted by Gasteiger charge is -2.15. The second kappa shape index (κ2) is 10.4. The second-order valence-electron chi connectivity index (χ2n) is 7.85. The van der Waals surface area contributed by atoms with Crippen LogP contribution in [0, 0.1) is 0 Å². The van der Waals surface area contributed by atoms with Gasteiger partial charge in [0, 0.05) is 4.88 Å². The Morgan fingerprint density at radius 2 is 1.65 bits per heavy atom. The van der Waals surface area contributed by atoms with E-state index in [4.69, 9.17) is 9.47 Å². The van der Waals surface area contributed by atoms with Gasteiger partial charge < -0.3 is 14.6 Å². The van der Waals surface area contributed by atoms with Crippen molar-refractivity contribution in [2.45, 2.75) is 20.0 Å². The predicted octanol–water partition coefficient (Wildman–Crippen LogP) is 6.28. The molecule has 0 saturated carbocycles. The average molecular weight is 473 g/mol. The first-order valence-electron chi connectivity index (χ1n) is 10.7. The lowest BCUT2D eigenvalue weighted by molar-refractivity contribution is 0.0600. The summed E-state index contributed by atoms with van der Waals surface area (Å²) in [5, 5.41) is 12.7. The van der Waals surface area contributed by atoms with Crippen LogP contribution in [0.3, 0.4) is 0 Å². The Hall–Kier alpha value is -3.90. The molecule has 1 aromatic heterocycles. The van der Waals surface area contributed by atoms with Gasteiger partial charge in [-0.2, -0.15) is 0 Å². The van der Waals surface area contributed by atoms with Gasteiger partial charge in [-0.1, -0.05) is 42.5 Å². The Labute approximate surface area is 202 Å². The van der Waals surface area contributed by atoms with Crippen molar-refractivity contribution in [3.8, 4) is 21.9 Å². The van der Waals surface area contributed by atoms with E-state index < -0.39 is 0 Å². The van der Waals surface area contributed by atoms with E-state index in [2.05, 4.69) is 6.07 Å². The average Bonchev–Trinajstić information content (AvgIpc) is 3.37. The summed E-state index contributed by atoms with van der Waals surface area (Å²) in [5.41, 5.74) is 4.37. The van der Waals surface area contributed by atoms with Crippen molar-refractivity contribution in [2.24, 2.45) is 0 Å². The molecule has 0 aliphatic carbocycles. The van der Waals surface area contributed by atoms with Gasteiger partial charge in [-0.3, -0.25) is 4.79 Å². The van der Waals surface area contributed by atoms with Gasteiger partial charge in [0.2, 0.25) is 0 Å². The number of aromatic hydroxyl groups is 1. The summed E-state index contributed by atoms with van der Waals surface area (Å²) in [5.74, 6) is -0.108. The summed E-state index contributed by atoms with van der Waals surface area (Å²) in [6, 6.07) is 22.5. The van der Waals surface area contributed by atoms with E-state index in [1.807, 2.05) is 53.9 Å². The molecule has 6 heteroatoms. The van der Waals surface area contributed by atoms with E-state index in [0.29, 0.717) is 29.9 Å². The van der Waals surface area contributed by atoms with Crippen molar-refractivity contribution in [3.63, 3.8) is 0 Å². The molecule has 0 aliphatic rings. The molecule has 4 rings (SSSR count). The highest BCUT2D eigenvalue weighted by Gasteiger charge is 2.19. The number of benzene rings is 3. The van der Waals surface area contributed by atoms with E-state index in [1.54, 1.807) is 18.2 Å². The number of hydrogen-bond acceptors (Lipinski definition) is 6. The van der Waals surface area contributed by atoms with Gasteiger partial charge in [0.1, 0.15) is 18.1 Å². The Morgan fingerprint density at radius 3 is 2.35 bits per heavy atom. The molecule has 0 radical (unpaired) electrons. The van der Waals surface area contributed by atoms with Crippen LogP contribution >= 0.6 is 11.3 Å². The van der Waals surface area contributed by atoms with Crippen LogP contribution in [-0.4, -0.2) is 24.0 Å². The molecule has 5 nitrogen and oxygen atoms in total. The van der Waals surface area contributed by atoms with Crippen LogP contribution in [0.25, 0.3) is 10.4 Å². The summed E-state index contributed by atoms with van der Waals surface area (Å²) in [6.45, 7) is 1.73. The third kappa shape index (κ3) is 5.18. The third-order valence-corrected chi connectivity index (χ3v) is 6.32. The summed E-state index contributed by atoms with van der Waals surface area (Å²) in [4.78, 5) is 24.6. The molecule has 3 aromatic carbocycles. The van der Waals surface area contributed by atoms with Gasteiger partial charge in [0.25, 0.3) is 0 Å². The number of esters is 1. The minimum absolute atomic E-state index is 0.0633. The highest BCUT2D eigenvalue weighted by molar-refractivity contribution is 7.13. The summed E-state index contributed by atoms with van der Waals surface area (Å²) < 4.78 is 10.9. The smallest absolute Gasteiger partial charge is 0.337 e. The van der Waals surface area contributed by atoms with E-state index >= 15 is 0 Å². The number of Topliss-reactive ketones (excluding diaryl/α,β-unsaturated/α-hetero) is 1. The highest BCUT2D eigenvalue weighted by atomic mass is 32.1. The molecular weight excluding hydrogens is 448 g/mol. The molecule has 0 atom stereocenters. The molecule has 0 saturated heterocycles. The number of thiophene rings is 1. The van der Waals surface area contributed by atoms with E-state index in [9.17, 15) is 14.7 Å². The van der Waals surface area contributed by atoms with Crippen molar-refractivity contribution in [1.29, 1.82) is 0 Å². The molecule has 34 heavy (non-hydrogen) atoms. The van der Waals surface area contributed by atoms with Gasteiger partial charge >= 0.3 is 5.97 Å². The maximum Gasteiger partial charge on any atom is 0.337 e. The van der Waals surface area contributed by atoms with Crippen molar-refractivity contribution in [2.75, 3.05) is 7.11 Å². The number of phenols is 1. The lowest BCUT2D eigenvalue weighted by atomic mass is 10.0. The van der Waals surface area contributed by atoms with E-state index in [0.717, 1.165) is 21.6 Å². The van der Waals surface area contributed by atoms with E-state index in [-0.39, 0.29) is 23.1 Å². The normalized spacial score (nSPS) is 10.6. The predicted molar refractivity (Wildman–Crippen MR) is 133 cm³/mol. The van der Waals surface area contributed by atoms with Crippen LogP contribution in [0.4, 0.5) is 0 Å². The Bertz CT molecular complexity index is 1320. The Kier molecular flexibility index (Phi) is 7.09. The number of phenolic OH excluding ortho intramolecular Hbond substituents is 1. The van der Waals surface area contributed by atoms with Crippen LogP contribution in [-0.2, 0) is 17.8 Å². The van der Waals surface area contributed by atoms with Crippen LogP contribution < -0.4 is 4.74 Å². The van der Waals surface area contributed by atoms with Crippen molar-refractivity contribution >= 4 is 23.1 Å². The molecule has 0 aliphatic heterocycles. The number of carbonyl (C=O) groups is 2. The summed E-state index contributed by atoms with van der Waals surface area (Å²) in [7, 11) is 1.37. The van der Waals surface area contributed by atoms with Gasteiger partial charge in [0.15, 0.2) is 5.78 Å². The van der Waals surface area contributed by atoms with Crippen molar-refractivity contribution in [3.05, 3.63) is 106 Å². The number of rotatable bonds is 8. The molecule has 0 bridgehead atoms. The van der Waals surface area contributed by atoms with Crippen LogP contribution in [0.5, 0.6) is 11.5 Å². The zero-order valence-corrected chi connectivity index (χ0v) is 19.7. The first-order chi connectivity index (χ1) is 16.5. The van der Waals surface area contributed by atoms with Gasteiger partial charge in [-0.05, 0) is 65.7 Å². The number of hydrogen-bond donors (Lipinski definition) is 1. The van der Waals surface area contributed by atoms with Crippen LogP contribution in [0.15, 0.2) is 78.2 Å². The van der Waals surface area contributed by atoms with Gasteiger partial charge in [-0.25, -0.2) is 4.79 Å². The fraction of sp³-hybridized carbons (Fsp3) is 0.143. The minimum atomic E-state index is -0.357. The molecular formula is C28H24O5S. The molecule has 0 spiro atoms. The zero-order valence-electron chi connectivity index (χ0n) is 18.9. The fourth-order valence-electron chi connectivity index (χ4n) is 3.79. The molecule has 172 valence electrons. The molecule has 0 unspecified atom stereocenters. The summed E-state index contributed by atoms with van der Waals surface area (Å²) in [6.07, 6.45) is 0.660. The first-order valence-corrected chi connectivity index (χ1v) is 11.6. The number of carbonyl (C=O) groups excluding carboxylic acids is 2. The molecule has 1 heterocycles. The van der Waals surface area contributed by atoms with Crippen molar-refractivity contribution < 1.29 is 24.2 Å². The fourth-order valence-corrected chi connectivity index (χ4v) is 4.56. The Balaban J connectivity index is 1.54. The lowest BCUT2D eigenvalue weighted by Crippen LogP contribution is -2.02. The molecule has 0 fully saturated rings. The quantitative estimate of drug-likeness (QED) is 0.241. The van der Waals surface area contributed by atoms with Crippen LogP contribution in [0.1, 0.15) is 44.3 Å². The standard InChI is InChI=1S/C28H24O5S/c1-18(29)23-11-12-24(26(27(23)30)25-10-5-13-34-25)33-17-21-8-3-6-19(15-21)14-20-7-4-9-22(16-20)28(31)32-2/h3-13,15-16,30H,14,17H2,1-2H3. The topological polar surface area (TPSA) is 72.8 Å². The minimum Gasteiger partial charge on any atom is -0.506 e. The van der Waals surface area contributed by atoms with Gasteiger partial charge in [-0.15, -0.1) is 11.3 Å². The first kappa shape index (κ1) is 23.3. The number of ether oxygens (including phenoxy) is 2.